The lowest BCUT2D eigenvalue weighted by Crippen LogP contribution is -2.35. The number of hydrogen-bond acceptors (Lipinski definition) is 3. The van der Waals surface area contributed by atoms with Crippen LogP contribution in [0.1, 0.15) is 51.4 Å². The summed E-state index contributed by atoms with van der Waals surface area (Å²) in [7, 11) is 0. The van der Waals surface area contributed by atoms with Gasteiger partial charge < -0.3 is 16.2 Å². The predicted molar refractivity (Wildman–Crippen MR) is 69.1 cm³/mol. The first-order valence-electron chi connectivity index (χ1n) is 6.76. The Morgan fingerprint density at radius 2 is 1.83 bits per heavy atom. The van der Waals surface area contributed by atoms with Gasteiger partial charge >= 0.3 is 5.97 Å². The van der Waals surface area contributed by atoms with E-state index in [0.29, 0.717) is 19.5 Å². The number of amides is 1. The summed E-state index contributed by atoms with van der Waals surface area (Å²) in [6.45, 7) is 1.14. The molecule has 18 heavy (non-hydrogen) atoms. The molecular weight excluding hydrogens is 232 g/mol. The maximum atomic E-state index is 11.8. The van der Waals surface area contributed by atoms with Gasteiger partial charge in [0, 0.05) is 13.0 Å². The molecule has 0 unspecified atom stereocenters. The van der Waals surface area contributed by atoms with E-state index in [-0.39, 0.29) is 17.7 Å². The highest BCUT2D eigenvalue weighted by atomic mass is 16.4. The lowest BCUT2D eigenvalue weighted by Gasteiger charge is -2.35. The number of carbonyl (C=O) groups excluding carboxylic acids is 1. The van der Waals surface area contributed by atoms with Gasteiger partial charge in [0.25, 0.3) is 0 Å². The molecule has 0 aliphatic heterocycles. The predicted octanol–water partition coefficient (Wildman–Crippen LogP) is 1.27. The van der Waals surface area contributed by atoms with Crippen molar-refractivity contribution in [1.82, 2.24) is 5.32 Å². The van der Waals surface area contributed by atoms with Crippen molar-refractivity contribution in [3.8, 4) is 0 Å². The molecular formula is C13H24N2O3. The maximum absolute atomic E-state index is 11.8. The maximum Gasteiger partial charge on any atom is 0.303 e. The standard InChI is InChI=1S/C13H24N2O3/c14-7-4-8-15-11(16)9-13(10-12(17)18)5-2-1-3-6-13/h1-10,14H2,(H,15,16)(H,17,18). The van der Waals surface area contributed by atoms with Crippen molar-refractivity contribution >= 4 is 11.9 Å². The lowest BCUT2D eigenvalue weighted by molar-refractivity contribution is -0.141. The van der Waals surface area contributed by atoms with Gasteiger partial charge in [0.1, 0.15) is 0 Å². The van der Waals surface area contributed by atoms with Crippen LogP contribution in [0.15, 0.2) is 0 Å². The molecule has 1 saturated carbocycles. The summed E-state index contributed by atoms with van der Waals surface area (Å²) in [4.78, 5) is 22.8. The molecule has 0 radical (unpaired) electrons. The first-order valence-corrected chi connectivity index (χ1v) is 6.76. The van der Waals surface area contributed by atoms with Crippen molar-refractivity contribution in [2.45, 2.75) is 51.4 Å². The molecule has 0 aromatic rings. The summed E-state index contributed by atoms with van der Waals surface area (Å²) in [5, 5.41) is 11.8. The fourth-order valence-corrected chi connectivity index (χ4v) is 2.77. The Bertz CT molecular complexity index is 286. The molecule has 0 saturated heterocycles. The number of hydrogen-bond donors (Lipinski definition) is 3. The van der Waals surface area contributed by atoms with Crippen molar-refractivity contribution in [1.29, 1.82) is 0 Å². The first-order chi connectivity index (χ1) is 8.58. The smallest absolute Gasteiger partial charge is 0.303 e. The molecule has 5 heteroatoms. The van der Waals surface area contributed by atoms with Crippen LogP contribution in [0.5, 0.6) is 0 Å². The third kappa shape index (κ3) is 5.04. The fraction of sp³-hybridized carbons (Fsp3) is 0.846. The van der Waals surface area contributed by atoms with Gasteiger partial charge in [-0.15, -0.1) is 0 Å². The number of carboxylic acid groups (broad SMARTS) is 1. The molecule has 0 heterocycles. The summed E-state index contributed by atoms with van der Waals surface area (Å²) in [5.41, 5.74) is 5.04. The zero-order chi connectivity index (χ0) is 13.4. The van der Waals surface area contributed by atoms with E-state index in [1.165, 1.54) is 0 Å². The van der Waals surface area contributed by atoms with E-state index in [1.807, 2.05) is 0 Å². The number of carboxylic acids is 1. The van der Waals surface area contributed by atoms with E-state index in [4.69, 9.17) is 10.8 Å². The molecule has 1 fully saturated rings. The Hall–Kier alpha value is -1.10. The highest BCUT2D eigenvalue weighted by Crippen LogP contribution is 2.42. The van der Waals surface area contributed by atoms with Crippen molar-refractivity contribution < 1.29 is 14.7 Å². The third-order valence-electron chi connectivity index (χ3n) is 3.68. The van der Waals surface area contributed by atoms with Crippen LogP contribution in [-0.2, 0) is 9.59 Å². The van der Waals surface area contributed by atoms with Crippen molar-refractivity contribution in [2.24, 2.45) is 11.1 Å². The zero-order valence-corrected chi connectivity index (χ0v) is 10.9. The van der Waals surface area contributed by atoms with E-state index >= 15 is 0 Å². The lowest BCUT2D eigenvalue weighted by atomic mass is 9.69. The first kappa shape index (κ1) is 15.0. The largest absolute Gasteiger partial charge is 0.481 e. The van der Waals surface area contributed by atoms with E-state index in [0.717, 1.165) is 38.5 Å². The second-order valence-corrected chi connectivity index (χ2v) is 5.30. The molecule has 0 spiro atoms. The molecule has 0 bridgehead atoms. The summed E-state index contributed by atoms with van der Waals surface area (Å²) >= 11 is 0. The zero-order valence-electron chi connectivity index (χ0n) is 10.9. The van der Waals surface area contributed by atoms with Gasteiger partial charge in [-0.05, 0) is 31.2 Å². The molecule has 1 aliphatic rings. The topological polar surface area (TPSA) is 92.4 Å². The average molecular weight is 256 g/mol. The molecule has 0 aromatic carbocycles. The van der Waals surface area contributed by atoms with Crippen LogP contribution < -0.4 is 11.1 Å². The van der Waals surface area contributed by atoms with Gasteiger partial charge in [0.15, 0.2) is 0 Å². The Labute approximate surface area is 108 Å². The minimum absolute atomic E-state index is 0.0356. The molecule has 0 atom stereocenters. The molecule has 1 rings (SSSR count). The summed E-state index contributed by atoms with van der Waals surface area (Å²) in [6.07, 6.45) is 6.12. The van der Waals surface area contributed by atoms with Gasteiger partial charge in [-0.2, -0.15) is 0 Å². The minimum Gasteiger partial charge on any atom is -0.481 e. The summed E-state index contributed by atoms with van der Waals surface area (Å²) in [5.74, 6) is -0.835. The fourth-order valence-electron chi connectivity index (χ4n) is 2.77. The summed E-state index contributed by atoms with van der Waals surface area (Å²) in [6, 6.07) is 0. The second-order valence-electron chi connectivity index (χ2n) is 5.30. The molecule has 104 valence electrons. The summed E-state index contributed by atoms with van der Waals surface area (Å²) < 4.78 is 0. The molecule has 0 aromatic heterocycles. The Kier molecular flexibility index (Phi) is 6.12. The third-order valence-corrected chi connectivity index (χ3v) is 3.68. The van der Waals surface area contributed by atoms with Crippen molar-refractivity contribution in [2.75, 3.05) is 13.1 Å². The van der Waals surface area contributed by atoms with Crippen LogP contribution in [-0.4, -0.2) is 30.1 Å². The van der Waals surface area contributed by atoms with E-state index < -0.39 is 5.97 Å². The SMILES string of the molecule is NCCCNC(=O)CC1(CC(=O)O)CCCCC1. The normalized spacial score (nSPS) is 18.3. The van der Waals surface area contributed by atoms with Gasteiger partial charge in [0.05, 0.1) is 6.42 Å². The Morgan fingerprint density at radius 1 is 1.17 bits per heavy atom. The van der Waals surface area contributed by atoms with Crippen LogP contribution >= 0.6 is 0 Å². The van der Waals surface area contributed by atoms with Crippen LogP contribution in [0.25, 0.3) is 0 Å². The number of aliphatic carboxylic acids is 1. The minimum atomic E-state index is -0.799. The molecule has 5 nitrogen and oxygen atoms in total. The van der Waals surface area contributed by atoms with E-state index in [9.17, 15) is 9.59 Å². The quantitative estimate of drug-likeness (QED) is 0.598. The van der Waals surface area contributed by atoms with Gasteiger partial charge in [-0.25, -0.2) is 0 Å². The van der Waals surface area contributed by atoms with E-state index in [2.05, 4.69) is 5.32 Å². The number of nitrogens with two attached hydrogens (primary N) is 1. The molecule has 1 aliphatic carbocycles. The molecule has 1 amide bonds. The van der Waals surface area contributed by atoms with Gasteiger partial charge in [-0.1, -0.05) is 19.3 Å². The Morgan fingerprint density at radius 3 is 2.39 bits per heavy atom. The highest BCUT2D eigenvalue weighted by Gasteiger charge is 2.36. The van der Waals surface area contributed by atoms with Crippen LogP contribution in [0.2, 0.25) is 0 Å². The van der Waals surface area contributed by atoms with E-state index in [1.54, 1.807) is 0 Å². The highest BCUT2D eigenvalue weighted by molar-refractivity contribution is 5.78. The number of nitrogens with one attached hydrogen (secondary N) is 1. The van der Waals surface area contributed by atoms with Crippen LogP contribution in [0.4, 0.5) is 0 Å². The average Bonchev–Trinajstić information content (AvgIpc) is 2.29. The Balaban J connectivity index is 2.49. The second kappa shape index (κ2) is 7.36. The van der Waals surface area contributed by atoms with Gasteiger partial charge in [-0.3, -0.25) is 9.59 Å². The van der Waals surface area contributed by atoms with Gasteiger partial charge in [0.2, 0.25) is 5.91 Å². The van der Waals surface area contributed by atoms with Crippen LogP contribution in [0, 0.1) is 5.41 Å². The van der Waals surface area contributed by atoms with Crippen molar-refractivity contribution in [3.63, 3.8) is 0 Å². The number of rotatable bonds is 7. The van der Waals surface area contributed by atoms with Crippen molar-refractivity contribution in [3.05, 3.63) is 0 Å². The monoisotopic (exact) mass is 256 g/mol. The molecule has 4 N–H and O–H groups in total. The number of carbonyl (C=O) groups is 2. The van der Waals surface area contributed by atoms with Crippen LogP contribution in [0.3, 0.4) is 0 Å².